The number of aryl methyl sites for hydroxylation is 1. The summed E-state index contributed by atoms with van der Waals surface area (Å²) in [7, 11) is 0. The van der Waals surface area contributed by atoms with Crippen molar-refractivity contribution in [3.8, 4) is 5.69 Å². The molecule has 0 saturated carbocycles. The number of hydrogen-bond acceptors (Lipinski definition) is 3. The number of benzene rings is 1. The van der Waals surface area contributed by atoms with E-state index in [0.29, 0.717) is 5.75 Å². The highest BCUT2D eigenvalue weighted by Gasteiger charge is 2.08. The third-order valence-corrected chi connectivity index (χ3v) is 3.50. The molecule has 0 aliphatic heterocycles. The minimum Gasteiger partial charge on any atom is -0.481 e. The van der Waals surface area contributed by atoms with Crippen molar-refractivity contribution in [2.24, 2.45) is 0 Å². The van der Waals surface area contributed by atoms with Gasteiger partial charge in [0, 0.05) is 18.1 Å². The predicted octanol–water partition coefficient (Wildman–Crippen LogP) is 2.75. The Morgan fingerprint density at radius 1 is 1.44 bits per heavy atom. The van der Waals surface area contributed by atoms with Crippen molar-refractivity contribution in [3.63, 3.8) is 0 Å². The van der Waals surface area contributed by atoms with Crippen molar-refractivity contribution in [1.82, 2.24) is 9.55 Å². The van der Waals surface area contributed by atoms with Crippen LogP contribution in [0.3, 0.4) is 0 Å². The van der Waals surface area contributed by atoms with Crippen LogP contribution in [0.1, 0.15) is 12.0 Å². The van der Waals surface area contributed by atoms with E-state index in [1.165, 1.54) is 11.8 Å². The van der Waals surface area contributed by atoms with Gasteiger partial charge in [0.05, 0.1) is 12.1 Å². The molecule has 4 nitrogen and oxygen atoms in total. The van der Waals surface area contributed by atoms with Crippen LogP contribution >= 0.6 is 11.8 Å². The van der Waals surface area contributed by atoms with E-state index < -0.39 is 5.97 Å². The molecule has 0 amide bonds. The molecular formula is C13H14N2O2S. The first-order valence-electron chi connectivity index (χ1n) is 5.62. The number of hydrogen-bond donors (Lipinski definition) is 1. The lowest BCUT2D eigenvalue weighted by atomic mass is 10.2. The van der Waals surface area contributed by atoms with Gasteiger partial charge in [0.1, 0.15) is 0 Å². The van der Waals surface area contributed by atoms with Crippen LogP contribution in [0.2, 0.25) is 0 Å². The van der Waals surface area contributed by atoms with E-state index in [4.69, 9.17) is 5.11 Å². The smallest absolute Gasteiger partial charge is 0.304 e. The summed E-state index contributed by atoms with van der Waals surface area (Å²) < 4.78 is 1.99. The number of rotatable bonds is 5. The molecule has 0 saturated heterocycles. The number of imidazole rings is 1. The molecule has 1 aromatic carbocycles. The van der Waals surface area contributed by atoms with Gasteiger partial charge in [-0.1, -0.05) is 30.0 Å². The zero-order valence-electron chi connectivity index (χ0n) is 10.0. The Balaban J connectivity index is 2.18. The fourth-order valence-electron chi connectivity index (χ4n) is 1.64. The average Bonchev–Trinajstić information content (AvgIpc) is 2.77. The van der Waals surface area contributed by atoms with Crippen LogP contribution in [0.5, 0.6) is 0 Å². The van der Waals surface area contributed by atoms with Gasteiger partial charge >= 0.3 is 5.97 Å². The Morgan fingerprint density at radius 2 is 2.22 bits per heavy atom. The monoisotopic (exact) mass is 262 g/mol. The van der Waals surface area contributed by atoms with Gasteiger partial charge in [0.25, 0.3) is 0 Å². The number of carbonyl (C=O) groups is 1. The van der Waals surface area contributed by atoms with Crippen molar-refractivity contribution < 1.29 is 9.90 Å². The van der Waals surface area contributed by atoms with Gasteiger partial charge in [0.2, 0.25) is 0 Å². The van der Waals surface area contributed by atoms with E-state index in [9.17, 15) is 4.79 Å². The first-order chi connectivity index (χ1) is 8.68. The SMILES string of the molecule is Cc1ccccc1-n1ccnc1SCCC(=O)O. The molecule has 0 spiro atoms. The second-order valence-electron chi connectivity index (χ2n) is 3.86. The molecule has 0 fully saturated rings. The molecule has 0 aliphatic carbocycles. The lowest BCUT2D eigenvalue weighted by molar-refractivity contribution is -0.136. The molecule has 0 unspecified atom stereocenters. The predicted molar refractivity (Wildman–Crippen MR) is 71.3 cm³/mol. The maximum Gasteiger partial charge on any atom is 0.304 e. The second-order valence-corrected chi connectivity index (χ2v) is 4.92. The standard InChI is InChI=1S/C13H14N2O2S/c1-10-4-2-3-5-11(10)15-8-7-14-13(15)18-9-6-12(16)17/h2-5,7-8H,6,9H2,1H3,(H,16,17). The lowest BCUT2D eigenvalue weighted by Crippen LogP contribution is -2.00. The average molecular weight is 262 g/mol. The summed E-state index contributed by atoms with van der Waals surface area (Å²) in [4.78, 5) is 14.8. The van der Waals surface area contributed by atoms with Gasteiger partial charge < -0.3 is 5.11 Å². The minimum atomic E-state index is -0.781. The summed E-state index contributed by atoms with van der Waals surface area (Å²) in [5, 5.41) is 9.46. The number of carboxylic acid groups (broad SMARTS) is 1. The van der Waals surface area contributed by atoms with E-state index >= 15 is 0 Å². The molecule has 18 heavy (non-hydrogen) atoms. The Labute approximate surface area is 110 Å². The van der Waals surface area contributed by atoms with Crippen molar-refractivity contribution in [2.45, 2.75) is 18.5 Å². The fourth-order valence-corrected chi connectivity index (χ4v) is 2.54. The highest BCUT2D eigenvalue weighted by molar-refractivity contribution is 7.99. The van der Waals surface area contributed by atoms with Crippen LogP contribution in [-0.2, 0) is 4.79 Å². The summed E-state index contributed by atoms with van der Waals surface area (Å²) in [6.07, 6.45) is 3.77. The Bertz CT molecular complexity index is 551. The molecule has 2 aromatic rings. The van der Waals surface area contributed by atoms with E-state index in [-0.39, 0.29) is 6.42 Å². The van der Waals surface area contributed by atoms with Crippen LogP contribution in [-0.4, -0.2) is 26.4 Å². The third-order valence-electron chi connectivity index (χ3n) is 2.53. The maximum absolute atomic E-state index is 10.5. The summed E-state index contributed by atoms with van der Waals surface area (Å²) >= 11 is 1.46. The largest absolute Gasteiger partial charge is 0.481 e. The van der Waals surface area contributed by atoms with Gasteiger partial charge in [-0.3, -0.25) is 9.36 Å². The summed E-state index contributed by atoms with van der Waals surface area (Å²) in [5.41, 5.74) is 2.24. The Kier molecular flexibility index (Phi) is 4.04. The highest BCUT2D eigenvalue weighted by Crippen LogP contribution is 2.22. The molecule has 0 atom stereocenters. The van der Waals surface area contributed by atoms with Crippen LogP contribution in [0.4, 0.5) is 0 Å². The molecular weight excluding hydrogens is 248 g/mol. The number of aliphatic carboxylic acids is 1. The Morgan fingerprint density at radius 3 is 2.94 bits per heavy atom. The van der Waals surface area contributed by atoms with E-state index in [1.54, 1.807) is 6.20 Å². The van der Waals surface area contributed by atoms with E-state index in [1.807, 2.05) is 42.0 Å². The summed E-state index contributed by atoms with van der Waals surface area (Å²) in [6.45, 7) is 2.04. The maximum atomic E-state index is 10.5. The molecule has 5 heteroatoms. The van der Waals surface area contributed by atoms with Crippen molar-refractivity contribution >= 4 is 17.7 Å². The summed E-state index contributed by atoms with van der Waals surface area (Å²) in [5.74, 6) is -0.255. The number of para-hydroxylation sites is 1. The minimum absolute atomic E-state index is 0.144. The first-order valence-corrected chi connectivity index (χ1v) is 6.61. The van der Waals surface area contributed by atoms with Gasteiger partial charge in [-0.25, -0.2) is 4.98 Å². The zero-order valence-corrected chi connectivity index (χ0v) is 10.9. The molecule has 1 N–H and O–H groups in total. The van der Waals surface area contributed by atoms with Gasteiger partial charge in [-0.05, 0) is 18.6 Å². The molecule has 0 bridgehead atoms. The Hall–Kier alpha value is -1.75. The van der Waals surface area contributed by atoms with Crippen LogP contribution in [0.25, 0.3) is 5.69 Å². The number of carboxylic acids is 1. The number of aromatic nitrogens is 2. The van der Waals surface area contributed by atoms with Crippen LogP contribution in [0, 0.1) is 6.92 Å². The van der Waals surface area contributed by atoms with Crippen LogP contribution in [0.15, 0.2) is 41.8 Å². The number of nitrogens with zero attached hydrogens (tertiary/aromatic N) is 2. The summed E-state index contributed by atoms with van der Waals surface area (Å²) in [6, 6.07) is 8.04. The molecule has 0 radical (unpaired) electrons. The molecule has 1 aromatic heterocycles. The fraction of sp³-hybridized carbons (Fsp3) is 0.231. The lowest BCUT2D eigenvalue weighted by Gasteiger charge is -2.09. The zero-order chi connectivity index (χ0) is 13.0. The normalized spacial score (nSPS) is 10.5. The topological polar surface area (TPSA) is 55.1 Å². The van der Waals surface area contributed by atoms with Crippen molar-refractivity contribution in [1.29, 1.82) is 0 Å². The molecule has 94 valence electrons. The van der Waals surface area contributed by atoms with Crippen molar-refractivity contribution in [2.75, 3.05) is 5.75 Å². The van der Waals surface area contributed by atoms with Gasteiger partial charge in [-0.2, -0.15) is 0 Å². The molecule has 1 heterocycles. The number of thioether (sulfide) groups is 1. The third kappa shape index (κ3) is 2.92. The van der Waals surface area contributed by atoms with Gasteiger partial charge in [-0.15, -0.1) is 0 Å². The first kappa shape index (κ1) is 12.7. The quantitative estimate of drug-likeness (QED) is 0.842. The van der Waals surface area contributed by atoms with Crippen molar-refractivity contribution in [3.05, 3.63) is 42.2 Å². The highest BCUT2D eigenvalue weighted by atomic mass is 32.2. The van der Waals surface area contributed by atoms with E-state index in [2.05, 4.69) is 4.98 Å². The van der Waals surface area contributed by atoms with E-state index in [0.717, 1.165) is 16.4 Å². The van der Waals surface area contributed by atoms with Crippen LogP contribution < -0.4 is 0 Å². The molecule has 0 aliphatic rings. The van der Waals surface area contributed by atoms with Gasteiger partial charge in [0.15, 0.2) is 5.16 Å². The molecule has 2 rings (SSSR count). The second kappa shape index (κ2) is 5.73.